The van der Waals surface area contributed by atoms with E-state index in [0.717, 1.165) is 31.7 Å². The van der Waals surface area contributed by atoms with Crippen LogP contribution in [0, 0.1) is 13.8 Å². The highest BCUT2D eigenvalue weighted by Gasteiger charge is 2.20. The van der Waals surface area contributed by atoms with Crippen molar-refractivity contribution in [3.8, 4) is 5.75 Å². The number of ether oxygens (including phenoxy) is 1. The number of likely N-dealkylation sites (tertiary alicyclic amines) is 1. The van der Waals surface area contributed by atoms with E-state index in [1.165, 1.54) is 29.0 Å². The van der Waals surface area contributed by atoms with Crippen LogP contribution in [0.2, 0.25) is 0 Å². The van der Waals surface area contributed by atoms with Gasteiger partial charge in [0.1, 0.15) is 11.9 Å². The average molecular weight is 315 g/mol. The number of nitrogens with zero attached hydrogens (tertiary/aromatic N) is 1. The van der Waals surface area contributed by atoms with Gasteiger partial charge in [0.2, 0.25) is 0 Å². The third-order valence-electron chi connectivity index (χ3n) is 4.43. The quantitative estimate of drug-likeness (QED) is 0.808. The third kappa shape index (κ3) is 4.11. The molecule has 0 saturated carbocycles. The second-order valence-corrected chi connectivity index (χ2v) is 7.29. The molecule has 0 radical (unpaired) electrons. The van der Waals surface area contributed by atoms with E-state index >= 15 is 0 Å². The topological polar surface area (TPSA) is 12.5 Å². The summed E-state index contributed by atoms with van der Waals surface area (Å²) >= 11 is 1.87. The molecular formula is C19H25NOS. The highest BCUT2D eigenvalue weighted by Crippen LogP contribution is 2.24. The fraction of sp³-hybridized carbons (Fsp3) is 0.474. The van der Waals surface area contributed by atoms with Gasteiger partial charge in [-0.2, -0.15) is 0 Å². The molecule has 1 aromatic carbocycles. The minimum atomic E-state index is 0.374. The molecule has 0 spiro atoms. The molecule has 0 unspecified atom stereocenters. The van der Waals surface area contributed by atoms with Crippen LogP contribution in [-0.4, -0.2) is 30.6 Å². The van der Waals surface area contributed by atoms with Crippen molar-refractivity contribution in [2.45, 2.75) is 39.2 Å². The summed E-state index contributed by atoms with van der Waals surface area (Å²) in [7, 11) is 0. The van der Waals surface area contributed by atoms with Crippen molar-refractivity contribution in [2.24, 2.45) is 0 Å². The molecule has 3 heteroatoms. The lowest BCUT2D eigenvalue weighted by Crippen LogP contribution is -2.39. The summed E-state index contributed by atoms with van der Waals surface area (Å²) in [6, 6.07) is 10.8. The normalized spacial score (nSPS) is 16.8. The van der Waals surface area contributed by atoms with Crippen molar-refractivity contribution < 1.29 is 4.74 Å². The SMILES string of the molecule is Cc1ccc(C)c(OC2CCN(CCc3cccs3)CC2)c1. The van der Waals surface area contributed by atoms with Crippen LogP contribution in [0.25, 0.3) is 0 Å². The Morgan fingerprint density at radius 1 is 1.18 bits per heavy atom. The number of thiophene rings is 1. The Morgan fingerprint density at radius 2 is 2.00 bits per heavy atom. The molecule has 0 bridgehead atoms. The maximum absolute atomic E-state index is 6.24. The van der Waals surface area contributed by atoms with Gasteiger partial charge in [-0.1, -0.05) is 18.2 Å². The number of hydrogen-bond donors (Lipinski definition) is 0. The van der Waals surface area contributed by atoms with E-state index in [9.17, 15) is 0 Å². The van der Waals surface area contributed by atoms with E-state index in [-0.39, 0.29) is 0 Å². The second-order valence-electron chi connectivity index (χ2n) is 6.26. The van der Waals surface area contributed by atoms with E-state index in [1.54, 1.807) is 0 Å². The zero-order valence-corrected chi connectivity index (χ0v) is 14.4. The van der Waals surface area contributed by atoms with E-state index in [1.807, 2.05) is 11.3 Å². The highest BCUT2D eigenvalue weighted by atomic mass is 32.1. The molecule has 2 aromatic rings. The van der Waals surface area contributed by atoms with E-state index < -0.39 is 0 Å². The first-order valence-corrected chi connectivity index (χ1v) is 9.07. The van der Waals surface area contributed by atoms with Crippen LogP contribution < -0.4 is 4.74 Å². The second kappa shape index (κ2) is 7.30. The van der Waals surface area contributed by atoms with Gasteiger partial charge in [-0.25, -0.2) is 0 Å². The van der Waals surface area contributed by atoms with Gasteiger partial charge in [0, 0.05) is 24.5 Å². The standard InChI is InChI=1S/C19H25NOS/c1-15-5-6-16(2)19(14-15)21-17-7-10-20(11-8-17)12-9-18-4-3-13-22-18/h3-6,13-14,17H,7-12H2,1-2H3. The summed E-state index contributed by atoms with van der Waals surface area (Å²) in [5.41, 5.74) is 2.51. The molecule has 0 amide bonds. The number of piperidine rings is 1. The summed E-state index contributed by atoms with van der Waals surface area (Å²) < 4.78 is 6.24. The van der Waals surface area contributed by atoms with Crippen molar-refractivity contribution in [2.75, 3.05) is 19.6 Å². The molecule has 118 valence electrons. The third-order valence-corrected chi connectivity index (χ3v) is 5.36. The number of benzene rings is 1. The molecule has 3 rings (SSSR count). The molecule has 1 saturated heterocycles. The van der Waals surface area contributed by atoms with Crippen molar-refractivity contribution in [3.63, 3.8) is 0 Å². The number of rotatable bonds is 5. The minimum absolute atomic E-state index is 0.374. The Morgan fingerprint density at radius 3 is 2.73 bits per heavy atom. The largest absolute Gasteiger partial charge is 0.490 e. The molecule has 1 aromatic heterocycles. The molecule has 1 aliphatic heterocycles. The van der Waals surface area contributed by atoms with Crippen LogP contribution in [0.3, 0.4) is 0 Å². The van der Waals surface area contributed by atoms with Crippen molar-refractivity contribution in [1.29, 1.82) is 0 Å². The molecule has 0 atom stereocenters. The van der Waals surface area contributed by atoms with Crippen molar-refractivity contribution in [1.82, 2.24) is 4.90 Å². The fourth-order valence-corrected chi connectivity index (χ4v) is 3.69. The van der Waals surface area contributed by atoms with Crippen LogP contribution in [0.15, 0.2) is 35.7 Å². The van der Waals surface area contributed by atoms with Gasteiger partial charge in [-0.05, 0) is 61.7 Å². The summed E-state index contributed by atoms with van der Waals surface area (Å²) in [4.78, 5) is 4.07. The Kier molecular flexibility index (Phi) is 5.16. The lowest BCUT2D eigenvalue weighted by atomic mass is 10.1. The lowest BCUT2D eigenvalue weighted by Gasteiger charge is -2.32. The van der Waals surface area contributed by atoms with Crippen LogP contribution in [0.5, 0.6) is 5.75 Å². The molecule has 0 aliphatic carbocycles. The first-order chi connectivity index (χ1) is 10.7. The molecule has 22 heavy (non-hydrogen) atoms. The van der Waals surface area contributed by atoms with E-state index in [0.29, 0.717) is 6.10 Å². The molecule has 1 aliphatic rings. The highest BCUT2D eigenvalue weighted by molar-refractivity contribution is 7.09. The van der Waals surface area contributed by atoms with Crippen LogP contribution in [0.1, 0.15) is 28.8 Å². The van der Waals surface area contributed by atoms with Gasteiger partial charge < -0.3 is 9.64 Å². The summed E-state index contributed by atoms with van der Waals surface area (Å²) in [6.07, 6.45) is 3.83. The zero-order valence-electron chi connectivity index (χ0n) is 13.5. The van der Waals surface area contributed by atoms with Crippen LogP contribution in [-0.2, 0) is 6.42 Å². The van der Waals surface area contributed by atoms with Gasteiger partial charge in [-0.3, -0.25) is 0 Å². The molecule has 1 fully saturated rings. The summed E-state index contributed by atoms with van der Waals surface area (Å²) in [5.74, 6) is 1.07. The van der Waals surface area contributed by atoms with E-state index in [4.69, 9.17) is 4.74 Å². The zero-order chi connectivity index (χ0) is 15.4. The monoisotopic (exact) mass is 315 g/mol. The summed E-state index contributed by atoms with van der Waals surface area (Å²) in [6.45, 7) is 7.74. The molecule has 2 heterocycles. The Labute approximate surface area is 137 Å². The number of aryl methyl sites for hydroxylation is 2. The fourth-order valence-electron chi connectivity index (χ4n) is 2.99. The predicted octanol–water partition coefficient (Wildman–Crippen LogP) is 4.45. The maximum atomic E-state index is 6.24. The number of hydrogen-bond acceptors (Lipinski definition) is 3. The van der Waals surface area contributed by atoms with Gasteiger partial charge >= 0.3 is 0 Å². The molecule has 0 N–H and O–H groups in total. The van der Waals surface area contributed by atoms with E-state index in [2.05, 4.69) is 54.5 Å². The first kappa shape index (κ1) is 15.6. The van der Waals surface area contributed by atoms with Gasteiger partial charge in [0.15, 0.2) is 0 Å². The predicted molar refractivity (Wildman–Crippen MR) is 94.0 cm³/mol. The smallest absolute Gasteiger partial charge is 0.122 e. The minimum Gasteiger partial charge on any atom is -0.490 e. The Hall–Kier alpha value is -1.32. The maximum Gasteiger partial charge on any atom is 0.122 e. The van der Waals surface area contributed by atoms with Gasteiger partial charge in [-0.15, -0.1) is 11.3 Å². The Bertz CT molecular complexity index is 585. The lowest BCUT2D eigenvalue weighted by molar-refractivity contribution is 0.101. The van der Waals surface area contributed by atoms with Crippen molar-refractivity contribution >= 4 is 11.3 Å². The summed E-state index contributed by atoms with van der Waals surface area (Å²) in [5, 5.41) is 2.17. The molecule has 2 nitrogen and oxygen atoms in total. The van der Waals surface area contributed by atoms with Crippen LogP contribution in [0.4, 0.5) is 0 Å². The molecular weight excluding hydrogens is 290 g/mol. The van der Waals surface area contributed by atoms with Crippen molar-refractivity contribution in [3.05, 3.63) is 51.7 Å². The van der Waals surface area contributed by atoms with Crippen LogP contribution >= 0.6 is 11.3 Å². The van der Waals surface area contributed by atoms with Gasteiger partial charge in [0.05, 0.1) is 0 Å². The average Bonchev–Trinajstić information content (AvgIpc) is 3.04. The van der Waals surface area contributed by atoms with Gasteiger partial charge in [0.25, 0.3) is 0 Å². The first-order valence-electron chi connectivity index (χ1n) is 8.19. The Balaban J connectivity index is 1.46.